The summed E-state index contributed by atoms with van der Waals surface area (Å²) in [5.74, 6) is 0.875. The number of hydrogen-bond donors (Lipinski definition) is 2. The fourth-order valence-corrected chi connectivity index (χ4v) is 1.30. The van der Waals surface area contributed by atoms with Gasteiger partial charge < -0.3 is 10.6 Å². The Morgan fingerprint density at radius 1 is 1.12 bits per heavy atom. The first-order valence-electron chi connectivity index (χ1n) is 5.65. The molecule has 0 aliphatic carbocycles. The van der Waals surface area contributed by atoms with Gasteiger partial charge in [-0.2, -0.15) is 0 Å². The fraction of sp³-hybridized carbons (Fsp3) is 0.818. The van der Waals surface area contributed by atoms with E-state index in [1.165, 1.54) is 0 Å². The quantitative estimate of drug-likeness (QED) is 0.502. The number of amides is 2. The summed E-state index contributed by atoms with van der Waals surface area (Å²) in [5, 5.41) is 5.46. The van der Waals surface area contributed by atoms with Gasteiger partial charge in [-0.3, -0.25) is 9.59 Å². The molecule has 94 valence electrons. The van der Waals surface area contributed by atoms with Crippen LogP contribution in [0.5, 0.6) is 0 Å². The highest BCUT2D eigenvalue weighted by Gasteiger charge is 2.04. The molecule has 0 aromatic heterocycles. The van der Waals surface area contributed by atoms with Crippen molar-refractivity contribution in [3.8, 4) is 0 Å². The number of nitrogens with one attached hydrogen (secondary N) is 2. The second kappa shape index (κ2) is 9.46. The number of rotatable bonds is 8. The van der Waals surface area contributed by atoms with Crippen molar-refractivity contribution < 1.29 is 9.59 Å². The number of hydrogen-bond acceptors (Lipinski definition) is 2. The van der Waals surface area contributed by atoms with E-state index in [1.54, 1.807) is 0 Å². The van der Waals surface area contributed by atoms with Crippen LogP contribution in [-0.2, 0) is 9.59 Å². The minimum atomic E-state index is -0.0150. The lowest BCUT2D eigenvalue weighted by molar-refractivity contribution is -0.123. The SMILES string of the molecule is CC(C)CC(=O)NCCNC(=O)CCCCl. The average molecular weight is 249 g/mol. The van der Waals surface area contributed by atoms with Gasteiger partial charge in [-0.05, 0) is 12.3 Å². The normalized spacial score (nSPS) is 10.2. The first kappa shape index (κ1) is 15.2. The van der Waals surface area contributed by atoms with Crippen molar-refractivity contribution >= 4 is 23.4 Å². The first-order chi connectivity index (χ1) is 7.56. The van der Waals surface area contributed by atoms with E-state index in [1.807, 2.05) is 13.8 Å². The molecule has 0 saturated heterocycles. The number of alkyl halides is 1. The van der Waals surface area contributed by atoms with E-state index in [9.17, 15) is 9.59 Å². The Bertz CT molecular complexity index is 220. The summed E-state index contributed by atoms with van der Waals surface area (Å²) in [6, 6.07) is 0. The van der Waals surface area contributed by atoms with Crippen LogP contribution < -0.4 is 10.6 Å². The van der Waals surface area contributed by atoms with Crippen molar-refractivity contribution in [3.63, 3.8) is 0 Å². The molecule has 0 spiro atoms. The molecule has 0 heterocycles. The highest BCUT2D eigenvalue weighted by Crippen LogP contribution is 1.97. The molecule has 0 saturated carbocycles. The van der Waals surface area contributed by atoms with Gasteiger partial charge in [0.25, 0.3) is 0 Å². The lowest BCUT2D eigenvalue weighted by atomic mass is 10.1. The van der Waals surface area contributed by atoms with E-state index >= 15 is 0 Å². The summed E-state index contributed by atoms with van der Waals surface area (Å²) >= 11 is 5.46. The lowest BCUT2D eigenvalue weighted by Gasteiger charge is -2.08. The fourth-order valence-electron chi connectivity index (χ4n) is 1.16. The van der Waals surface area contributed by atoms with E-state index in [-0.39, 0.29) is 11.8 Å². The summed E-state index contributed by atoms with van der Waals surface area (Å²) in [6.45, 7) is 4.95. The maximum atomic E-state index is 11.2. The highest BCUT2D eigenvalue weighted by molar-refractivity contribution is 6.17. The van der Waals surface area contributed by atoms with Crippen molar-refractivity contribution in [1.82, 2.24) is 10.6 Å². The van der Waals surface area contributed by atoms with Crippen molar-refractivity contribution in [3.05, 3.63) is 0 Å². The molecule has 0 aliphatic heterocycles. The maximum absolute atomic E-state index is 11.2. The van der Waals surface area contributed by atoms with E-state index in [2.05, 4.69) is 10.6 Å². The van der Waals surface area contributed by atoms with E-state index < -0.39 is 0 Å². The van der Waals surface area contributed by atoms with Gasteiger partial charge in [-0.1, -0.05) is 13.8 Å². The van der Waals surface area contributed by atoms with E-state index in [4.69, 9.17) is 11.6 Å². The van der Waals surface area contributed by atoms with Crippen LogP contribution in [0.4, 0.5) is 0 Å². The van der Waals surface area contributed by atoms with Crippen LogP contribution in [0.15, 0.2) is 0 Å². The van der Waals surface area contributed by atoms with E-state index in [0.29, 0.717) is 44.1 Å². The molecule has 0 atom stereocenters. The molecule has 2 amide bonds. The Balaban J connectivity index is 3.38. The zero-order valence-electron chi connectivity index (χ0n) is 10.0. The molecule has 16 heavy (non-hydrogen) atoms. The second-order valence-electron chi connectivity index (χ2n) is 4.09. The Kier molecular flexibility index (Phi) is 9.00. The van der Waals surface area contributed by atoms with Crippen LogP contribution >= 0.6 is 11.6 Å². The summed E-state index contributed by atoms with van der Waals surface area (Å²) in [6.07, 6.45) is 1.66. The maximum Gasteiger partial charge on any atom is 0.220 e. The highest BCUT2D eigenvalue weighted by atomic mass is 35.5. The second-order valence-corrected chi connectivity index (χ2v) is 4.47. The molecular formula is C11H21ClN2O2. The average Bonchev–Trinajstić information content (AvgIpc) is 2.20. The van der Waals surface area contributed by atoms with Gasteiger partial charge in [0.2, 0.25) is 11.8 Å². The minimum absolute atomic E-state index is 0.0150. The Morgan fingerprint density at radius 3 is 2.19 bits per heavy atom. The van der Waals surface area contributed by atoms with Crippen LogP contribution in [0.2, 0.25) is 0 Å². The Labute approximate surface area is 102 Å². The third kappa shape index (κ3) is 9.77. The molecule has 0 aromatic carbocycles. The molecule has 0 aliphatic rings. The van der Waals surface area contributed by atoms with Crippen molar-refractivity contribution in [2.24, 2.45) is 5.92 Å². The van der Waals surface area contributed by atoms with Gasteiger partial charge in [0, 0.05) is 31.8 Å². The van der Waals surface area contributed by atoms with Crippen molar-refractivity contribution in [2.75, 3.05) is 19.0 Å². The van der Waals surface area contributed by atoms with Gasteiger partial charge in [-0.25, -0.2) is 0 Å². The molecular weight excluding hydrogens is 228 g/mol. The summed E-state index contributed by atoms with van der Waals surface area (Å²) in [5.41, 5.74) is 0. The van der Waals surface area contributed by atoms with Crippen LogP contribution in [0, 0.1) is 5.92 Å². The molecule has 0 bridgehead atoms. The largest absolute Gasteiger partial charge is 0.354 e. The Morgan fingerprint density at radius 2 is 1.69 bits per heavy atom. The van der Waals surface area contributed by atoms with Crippen molar-refractivity contribution in [2.45, 2.75) is 33.1 Å². The smallest absolute Gasteiger partial charge is 0.220 e. The van der Waals surface area contributed by atoms with Crippen LogP contribution in [0.1, 0.15) is 33.1 Å². The zero-order chi connectivity index (χ0) is 12.4. The number of carbonyl (C=O) groups is 2. The van der Waals surface area contributed by atoms with Gasteiger partial charge in [0.05, 0.1) is 0 Å². The molecule has 0 radical (unpaired) electrons. The summed E-state index contributed by atoms with van der Waals surface area (Å²) in [7, 11) is 0. The summed E-state index contributed by atoms with van der Waals surface area (Å²) < 4.78 is 0. The molecule has 2 N–H and O–H groups in total. The molecule has 5 heteroatoms. The molecule has 4 nitrogen and oxygen atoms in total. The van der Waals surface area contributed by atoms with Gasteiger partial charge >= 0.3 is 0 Å². The van der Waals surface area contributed by atoms with Gasteiger partial charge in [0.15, 0.2) is 0 Å². The topological polar surface area (TPSA) is 58.2 Å². The zero-order valence-corrected chi connectivity index (χ0v) is 10.8. The van der Waals surface area contributed by atoms with E-state index in [0.717, 1.165) is 0 Å². The van der Waals surface area contributed by atoms with Gasteiger partial charge in [0.1, 0.15) is 0 Å². The van der Waals surface area contributed by atoms with Crippen LogP contribution in [0.3, 0.4) is 0 Å². The minimum Gasteiger partial charge on any atom is -0.354 e. The van der Waals surface area contributed by atoms with Crippen LogP contribution in [-0.4, -0.2) is 30.8 Å². The third-order valence-electron chi connectivity index (χ3n) is 1.90. The molecule has 0 fully saturated rings. The lowest BCUT2D eigenvalue weighted by Crippen LogP contribution is -2.34. The predicted molar refractivity (Wildman–Crippen MR) is 65.4 cm³/mol. The molecule has 0 aromatic rings. The summed E-state index contributed by atoms with van der Waals surface area (Å²) in [4.78, 5) is 22.4. The monoisotopic (exact) mass is 248 g/mol. The van der Waals surface area contributed by atoms with Crippen LogP contribution in [0.25, 0.3) is 0 Å². The predicted octanol–water partition coefficient (Wildman–Crippen LogP) is 1.28. The standard InChI is InChI=1S/C11H21ClN2O2/c1-9(2)8-11(16)14-7-6-13-10(15)4-3-5-12/h9H,3-8H2,1-2H3,(H,13,15)(H,14,16). The van der Waals surface area contributed by atoms with Crippen molar-refractivity contribution in [1.29, 1.82) is 0 Å². The Hall–Kier alpha value is -0.770. The molecule has 0 unspecified atom stereocenters. The third-order valence-corrected chi connectivity index (χ3v) is 2.17. The van der Waals surface area contributed by atoms with Gasteiger partial charge in [-0.15, -0.1) is 11.6 Å². The number of halogens is 1. The number of carbonyl (C=O) groups excluding carboxylic acids is 2. The molecule has 0 rings (SSSR count). The first-order valence-corrected chi connectivity index (χ1v) is 6.19.